The van der Waals surface area contributed by atoms with E-state index in [0.29, 0.717) is 18.9 Å². The van der Waals surface area contributed by atoms with Crippen molar-refractivity contribution in [3.05, 3.63) is 0 Å². The lowest BCUT2D eigenvalue weighted by atomic mass is 9.95. The third-order valence-electron chi connectivity index (χ3n) is 5.11. The van der Waals surface area contributed by atoms with Gasteiger partial charge in [0.15, 0.2) is 0 Å². The maximum Gasteiger partial charge on any atom is 0.224 e. The molecule has 0 aliphatic carbocycles. The number of nitrogens with two attached hydrogens (primary N) is 1. The molecule has 4 heteroatoms. The summed E-state index contributed by atoms with van der Waals surface area (Å²) in [5.41, 5.74) is 5.94. The molecule has 4 nitrogen and oxygen atoms in total. The van der Waals surface area contributed by atoms with Crippen LogP contribution in [0.3, 0.4) is 0 Å². The van der Waals surface area contributed by atoms with Crippen molar-refractivity contribution in [1.82, 2.24) is 9.80 Å². The fourth-order valence-corrected chi connectivity index (χ4v) is 3.53. The van der Waals surface area contributed by atoms with Crippen LogP contribution in [0.25, 0.3) is 0 Å². The van der Waals surface area contributed by atoms with E-state index in [2.05, 4.69) is 18.7 Å². The topological polar surface area (TPSA) is 49.6 Å². The predicted octanol–water partition coefficient (Wildman–Crippen LogP) is 1.69. The number of rotatable bonds is 5. The molecular formula is C16H31N3O. The standard InChI is InChI=1S/C16H31N3O/c1-13(2)14-6-9-19(12-14)15(11-17)10-16(20)18-7-4-3-5-8-18/h13-15H,3-12,17H2,1-2H3. The summed E-state index contributed by atoms with van der Waals surface area (Å²) >= 11 is 0. The maximum atomic E-state index is 12.4. The van der Waals surface area contributed by atoms with E-state index >= 15 is 0 Å². The average molecular weight is 281 g/mol. The Morgan fingerprint density at radius 2 is 1.90 bits per heavy atom. The van der Waals surface area contributed by atoms with Crippen molar-refractivity contribution in [2.75, 3.05) is 32.7 Å². The van der Waals surface area contributed by atoms with Gasteiger partial charge in [0.25, 0.3) is 0 Å². The van der Waals surface area contributed by atoms with E-state index in [1.165, 1.54) is 12.8 Å². The van der Waals surface area contributed by atoms with Crippen LogP contribution >= 0.6 is 0 Å². The molecule has 20 heavy (non-hydrogen) atoms. The van der Waals surface area contributed by atoms with Crippen molar-refractivity contribution in [3.63, 3.8) is 0 Å². The van der Waals surface area contributed by atoms with E-state index < -0.39 is 0 Å². The summed E-state index contributed by atoms with van der Waals surface area (Å²) in [6.45, 7) is 9.32. The minimum atomic E-state index is 0.244. The van der Waals surface area contributed by atoms with Crippen LogP contribution in [0.4, 0.5) is 0 Å². The van der Waals surface area contributed by atoms with Gasteiger partial charge in [-0.05, 0) is 44.1 Å². The Bertz CT molecular complexity index is 313. The fourth-order valence-electron chi connectivity index (χ4n) is 3.53. The van der Waals surface area contributed by atoms with Gasteiger partial charge in [0.2, 0.25) is 5.91 Å². The molecule has 0 aromatic heterocycles. The molecule has 2 aliphatic rings. The zero-order chi connectivity index (χ0) is 14.5. The second-order valence-electron chi connectivity index (χ2n) is 6.82. The number of carbonyl (C=O) groups is 1. The number of piperidine rings is 1. The van der Waals surface area contributed by atoms with Crippen molar-refractivity contribution in [3.8, 4) is 0 Å². The third-order valence-corrected chi connectivity index (χ3v) is 5.11. The molecule has 0 aromatic rings. The van der Waals surface area contributed by atoms with Crippen LogP contribution in [0.2, 0.25) is 0 Å². The van der Waals surface area contributed by atoms with Gasteiger partial charge in [0.05, 0.1) is 0 Å². The molecule has 2 saturated heterocycles. The summed E-state index contributed by atoms with van der Waals surface area (Å²) in [7, 11) is 0. The normalized spacial score (nSPS) is 26.2. The molecule has 0 radical (unpaired) electrons. The Labute approximate surface area is 123 Å². The quantitative estimate of drug-likeness (QED) is 0.834. The number of carbonyl (C=O) groups excluding carboxylic acids is 1. The number of amides is 1. The molecule has 2 fully saturated rings. The lowest BCUT2D eigenvalue weighted by Gasteiger charge is -2.31. The van der Waals surface area contributed by atoms with Crippen molar-refractivity contribution in [2.45, 2.75) is 52.0 Å². The van der Waals surface area contributed by atoms with E-state index in [1.807, 2.05) is 4.90 Å². The average Bonchev–Trinajstić information content (AvgIpc) is 2.95. The van der Waals surface area contributed by atoms with E-state index in [0.717, 1.165) is 50.9 Å². The van der Waals surface area contributed by atoms with Crippen molar-refractivity contribution in [1.29, 1.82) is 0 Å². The van der Waals surface area contributed by atoms with Gasteiger partial charge in [-0.2, -0.15) is 0 Å². The second-order valence-corrected chi connectivity index (χ2v) is 6.82. The molecule has 2 rings (SSSR count). The summed E-state index contributed by atoms with van der Waals surface area (Å²) in [4.78, 5) is 16.9. The summed E-state index contributed by atoms with van der Waals surface area (Å²) in [6, 6.07) is 0.244. The summed E-state index contributed by atoms with van der Waals surface area (Å²) in [5.74, 6) is 1.82. The minimum absolute atomic E-state index is 0.244. The Kier molecular flexibility index (Phi) is 5.85. The molecule has 116 valence electrons. The largest absolute Gasteiger partial charge is 0.343 e. The molecule has 0 aromatic carbocycles. The van der Waals surface area contributed by atoms with Gasteiger partial charge in [-0.15, -0.1) is 0 Å². The van der Waals surface area contributed by atoms with E-state index in [9.17, 15) is 4.79 Å². The highest BCUT2D eigenvalue weighted by atomic mass is 16.2. The van der Waals surface area contributed by atoms with Gasteiger partial charge >= 0.3 is 0 Å². The lowest BCUT2D eigenvalue weighted by molar-refractivity contribution is -0.133. The highest BCUT2D eigenvalue weighted by Gasteiger charge is 2.31. The first-order valence-electron chi connectivity index (χ1n) is 8.33. The van der Waals surface area contributed by atoms with Gasteiger partial charge in [-0.25, -0.2) is 0 Å². The molecule has 2 atom stereocenters. The summed E-state index contributed by atoms with van der Waals surface area (Å²) in [5, 5.41) is 0. The highest BCUT2D eigenvalue weighted by molar-refractivity contribution is 5.77. The number of nitrogens with zero attached hydrogens (tertiary/aromatic N) is 2. The van der Waals surface area contributed by atoms with Crippen LogP contribution in [-0.4, -0.2) is 54.5 Å². The predicted molar refractivity (Wildman–Crippen MR) is 82.4 cm³/mol. The summed E-state index contributed by atoms with van der Waals surface area (Å²) in [6.07, 6.45) is 5.47. The first-order valence-corrected chi connectivity index (χ1v) is 8.33. The zero-order valence-electron chi connectivity index (χ0n) is 13.2. The van der Waals surface area contributed by atoms with Crippen LogP contribution in [0, 0.1) is 11.8 Å². The first-order chi connectivity index (χ1) is 9.61. The van der Waals surface area contributed by atoms with Gasteiger partial charge in [0.1, 0.15) is 0 Å². The third kappa shape index (κ3) is 3.95. The first kappa shape index (κ1) is 15.8. The van der Waals surface area contributed by atoms with Gasteiger partial charge < -0.3 is 10.6 Å². The Hall–Kier alpha value is -0.610. The van der Waals surface area contributed by atoms with Crippen LogP contribution < -0.4 is 5.73 Å². The molecule has 2 heterocycles. The number of hydrogen-bond acceptors (Lipinski definition) is 3. The Morgan fingerprint density at radius 3 is 2.45 bits per heavy atom. The molecule has 1 amide bonds. The molecule has 0 saturated carbocycles. The molecule has 2 N–H and O–H groups in total. The lowest BCUT2D eigenvalue weighted by Crippen LogP contribution is -2.45. The van der Waals surface area contributed by atoms with Crippen LogP contribution in [0.1, 0.15) is 46.0 Å². The summed E-state index contributed by atoms with van der Waals surface area (Å²) < 4.78 is 0. The van der Waals surface area contributed by atoms with Gasteiger partial charge in [-0.1, -0.05) is 13.8 Å². The zero-order valence-corrected chi connectivity index (χ0v) is 13.2. The van der Waals surface area contributed by atoms with E-state index in [4.69, 9.17) is 5.73 Å². The number of likely N-dealkylation sites (tertiary alicyclic amines) is 2. The van der Waals surface area contributed by atoms with Crippen LogP contribution in [0.15, 0.2) is 0 Å². The fraction of sp³-hybridized carbons (Fsp3) is 0.938. The second kappa shape index (κ2) is 7.41. The van der Waals surface area contributed by atoms with E-state index in [1.54, 1.807) is 0 Å². The Balaban J connectivity index is 1.84. The molecule has 2 aliphatic heterocycles. The Morgan fingerprint density at radius 1 is 1.20 bits per heavy atom. The van der Waals surface area contributed by atoms with E-state index in [-0.39, 0.29) is 6.04 Å². The monoisotopic (exact) mass is 281 g/mol. The smallest absolute Gasteiger partial charge is 0.224 e. The molecular weight excluding hydrogens is 250 g/mol. The number of hydrogen-bond donors (Lipinski definition) is 1. The van der Waals surface area contributed by atoms with Crippen molar-refractivity contribution >= 4 is 5.91 Å². The molecule has 2 unspecified atom stereocenters. The van der Waals surface area contributed by atoms with Gasteiger partial charge in [0, 0.05) is 38.6 Å². The SMILES string of the molecule is CC(C)C1CCN(C(CN)CC(=O)N2CCCCC2)C1. The van der Waals surface area contributed by atoms with Crippen molar-refractivity contribution < 1.29 is 4.79 Å². The van der Waals surface area contributed by atoms with Crippen LogP contribution in [-0.2, 0) is 4.79 Å². The maximum absolute atomic E-state index is 12.4. The molecule has 0 spiro atoms. The molecule has 0 bridgehead atoms. The van der Waals surface area contributed by atoms with Crippen molar-refractivity contribution in [2.24, 2.45) is 17.6 Å². The highest BCUT2D eigenvalue weighted by Crippen LogP contribution is 2.26. The minimum Gasteiger partial charge on any atom is -0.343 e. The van der Waals surface area contributed by atoms with Gasteiger partial charge in [-0.3, -0.25) is 9.69 Å². The van der Waals surface area contributed by atoms with Crippen LogP contribution in [0.5, 0.6) is 0 Å².